The molecule has 0 radical (unpaired) electrons. The van der Waals surface area contributed by atoms with E-state index in [4.69, 9.17) is 0 Å². The van der Waals surface area contributed by atoms with Crippen molar-refractivity contribution >= 4 is 0 Å². The van der Waals surface area contributed by atoms with E-state index >= 15 is 0 Å². The lowest BCUT2D eigenvalue weighted by molar-refractivity contribution is 0.0786. The van der Waals surface area contributed by atoms with Gasteiger partial charge in [-0.05, 0) is 37.8 Å². The van der Waals surface area contributed by atoms with Crippen molar-refractivity contribution in [2.45, 2.75) is 32.3 Å². The summed E-state index contributed by atoms with van der Waals surface area (Å²) in [6.07, 6.45) is 1.34. The van der Waals surface area contributed by atoms with E-state index in [-0.39, 0.29) is 6.67 Å². The summed E-state index contributed by atoms with van der Waals surface area (Å²) >= 11 is 0. The first-order valence-corrected chi connectivity index (χ1v) is 4.92. The first kappa shape index (κ1) is 11.2. The Bertz CT molecular complexity index is 271. The predicted octanol–water partition coefficient (Wildman–Crippen LogP) is 2.82. The topological polar surface area (TPSA) is 20.2 Å². The lowest BCUT2D eigenvalue weighted by atomic mass is 9.96. The van der Waals surface area contributed by atoms with Gasteiger partial charge in [0.15, 0.2) is 0 Å². The number of benzene rings is 1. The van der Waals surface area contributed by atoms with Gasteiger partial charge in [-0.25, -0.2) is 0 Å². The van der Waals surface area contributed by atoms with Gasteiger partial charge in [0.25, 0.3) is 0 Å². The van der Waals surface area contributed by atoms with E-state index in [1.807, 2.05) is 24.3 Å². The Morgan fingerprint density at radius 3 is 2.21 bits per heavy atom. The summed E-state index contributed by atoms with van der Waals surface area (Å²) in [5.74, 6) is 0. The van der Waals surface area contributed by atoms with Crippen molar-refractivity contribution in [2.24, 2.45) is 0 Å². The molecule has 0 aliphatic rings. The first-order chi connectivity index (χ1) is 6.54. The highest BCUT2D eigenvalue weighted by atomic mass is 19.1. The minimum absolute atomic E-state index is 0.271. The van der Waals surface area contributed by atoms with Crippen LogP contribution in [0.4, 0.5) is 4.39 Å². The molecule has 0 aliphatic heterocycles. The molecule has 0 unspecified atom stereocenters. The SMILES string of the molecule is CC(C)(O)c1ccc(CCCF)cc1. The number of hydrogen-bond donors (Lipinski definition) is 1. The molecule has 1 rings (SSSR count). The molecule has 0 saturated carbocycles. The highest BCUT2D eigenvalue weighted by Crippen LogP contribution is 2.19. The molecule has 0 saturated heterocycles. The Hall–Kier alpha value is -0.890. The van der Waals surface area contributed by atoms with Gasteiger partial charge in [0, 0.05) is 0 Å². The maximum absolute atomic E-state index is 11.9. The molecule has 14 heavy (non-hydrogen) atoms. The molecule has 2 heteroatoms. The van der Waals surface area contributed by atoms with Crippen LogP contribution in [0.2, 0.25) is 0 Å². The fourth-order valence-corrected chi connectivity index (χ4v) is 1.35. The van der Waals surface area contributed by atoms with Crippen LogP contribution in [-0.4, -0.2) is 11.8 Å². The van der Waals surface area contributed by atoms with Crippen molar-refractivity contribution in [3.05, 3.63) is 35.4 Å². The van der Waals surface area contributed by atoms with Crippen LogP contribution in [0.15, 0.2) is 24.3 Å². The van der Waals surface area contributed by atoms with Crippen molar-refractivity contribution in [3.63, 3.8) is 0 Å². The summed E-state index contributed by atoms with van der Waals surface area (Å²) in [7, 11) is 0. The molecular weight excluding hydrogens is 179 g/mol. The Morgan fingerprint density at radius 1 is 1.21 bits per heavy atom. The van der Waals surface area contributed by atoms with Gasteiger partial charge >= 0.3 is 0 Å². The second-order valence-corrected chi connectivity index (χ2v) is 4.05. The molecule has 0 fully saturated rings. The smallest absolute Gasteiger partial charge is 0.0897 e. The molecular formula is C12H17FO. The summed E-state index contributed by atoms with van der Waals surface area (Å²) < 4.78 is 11.9. The van der Waals surface area contributed by atoms with Crippen LogP contribution >= 0.6 is 0 Å². The molecule has 0 aromatic heterocycles. The van der Waals surface area contributed by atoms with E-state index < -0.39 is 5.60 Å². The van der Waals surface area contributed by atoms with E-state index in [2.05, 4.69) is 0 Å². The predicted molar refractivity (Wildman–Crippen MR) is 56.0 cm³/mol. The van der Waals surface area contributed by atoms with Gasteiger partial charge in [-0.1, -0.05) is 24.3 Å². The van der Waals surface area contributed by atoms with Crippen LogP contribution in [0.25, 0.3) is 0 Å². The van der Waals surface area contributed by atoms with Crippen molar-refractivity contribution in [1.29, 1.82) is 0 Å². The van der Waals surface area contributed by atoms with Crippen LogP contribution in [0.3, 0.4) is 0 Å². The highest BCUT2D eigenvalue weighted by Gasteiger charge is 2.14. The number of alkyl halides is 1. The summed E-state index contributed by atoms with van der Waals surface area (Å²) in [4.78, 5) is 0. The fraction of sp³-hybridized carbons (Fsp3) is 0.500. The average molecular weight is 196 g/mol. The van der Waals surface area contributed by atoms with Gasteiger partial charge in [-0.15, -0.1) is 0 Å². The van der Waals surface area contributed by atoms with Gasteiger partial charge in [-0.2, -0.15) is 0 Å². The monoisotopic (exact) mass is 196 g/mol. The van der Waals surface area contributed by atoms with E-state index in [9.17, 15) is 9.50 Å². The van der Waals surface area contributed by atoms with Crippen molar-refractivity contribution in [2.75, 3.05) is 6.67 Å². The van der Waals surface area contributed by atoms with Crippen molar-refractivity contribution in [1.82, 2.24) is 0 Å². The number of halogens is 1. The zero-order valence-electron chi connectivity index (χ0n) is 8.76. The Kier molecular flexibility index (Phi) is 3.64. The number of aryl methyl sites for hydroxylation is 1. The molecule has 0 aliphatic carbocycles. The first-order valence-electron chi connectivity index (χ1n) is 4.92. The quantitative estimate of drug-likeness (QED) is 0.785. The molecule has 0 amide bonds. The molecule has 1 aromatic rings. The summed E-state index contributed by atoms with van der Waals surface area (Å²) in [6.45, 7) is 3.24. The second-order valence-electron chi connectivity index (χ2n) is 4.05. The zero-order chi connectivity index (χ0) is 10.6. The molecule has 0 spiro atoms. The van der Waals surface area contributed by atoms with Crippen LogP contribution in [-0.2, 0) is 12.0 Å². The normalized spacial score (nSPS) is 11.7. The molecule has 78 valence electrons. The molecule has 1 nitrogen and oxygen atoms in total. The second kappa shape index (κ2) is 4.56. The number of aliphatic hydroxyl groups is 1. The zero-order valence-corrected chi connectivity index (χ0v) is 8.76. The van der Waals surface area contributed by atoms with Crippen LogP contribution in [0.5, 0.6) is 0 Å². The van der Waals surface area contributed by atoms with Crippen molar-refractivity contribution < 1.29 is 9.50 Å². The summed E-state index contributed by atoms with van der Waals surface area (Å²) in [5.41, 5.74) is 1.22. The lowest BCUT2D eigenvalue weighted by Gasteiger charge is -2.17. The molecule has 0 bridgehead atoms. The van der Waals surface area contributed by atoms with Gasteiger partial charge < -0.3 is 5.11 Å². The number of hydrogen-bond acceptors (Lipinski definition) is 1. The van der Waals surface area contributed by atoms with Crippen molar-refractivity contribution in [3.8, 4) is 0 Å². The van der Waals surface area contributed by atoms with E-state index in [0.717, 1.165) is 17.5 Å². The minimum Gasteiger partial charge on any atom is -0.386 e. The Labute approximate surface area is 84.6 Å². The van der Waals surface area contributed by atoms with Crippen LogP contribution in [0, 0.1) is 0 Å². The largest absolute Gasteiger partial charge is 0.386 e. The summed E-state index contributed by atoms with van der Waals surface area (Å²) in [6, 6.07) is 7.69. The molecule has 1 N–H and O–H groups in total. The Morgan fingerprint density at radius 2 is 1.79 bits per heavy atom. The lowest BCUT2D eigenvalue weighted by Crippen LogP contribution is -2.15. The standard InChI is InChI=1S/C12H17FO/c1-12(2,14)11-7-5-10(6-8-11)4-3-9-13/h5-8,14H,3-4,9H2,1-2H3. The Balaban J connectivity index is 2.69. The molecule has 0 heterocycles. The third-order valence-electron chi connectivity index (χ3n) is 2.26. The maximum atomic E-state index is 11.9. The molecule has 0 atom stereocenters. The average Bonchev–Trinajstić information content (AvgIpc) is 2.14. The maximum Gasteiger partial charge on any atom is 0.0897 e. The highest BCUT2D eigenvalue weighted by molar-refractivity contribution is 5.26. The van der Waals surface area contributed by atoms with Gasteiger partial charge in [-0.3, -0.25) is 4.39 Å². The van der Waals surface area contributed by atoms with E-state index in [0.29, 0.717) is 6.42 Å². The third kappa shape index (κ3) is 3.11. The molecule has 1 aromatic carbocycles. The third-order valence-corrected chi connectivity index (χ3v) is 2.26. The summed E-state index contributed by atoms with van der Waals surface area (Å²) in [5, 5.41) is 9.70. The van der Waals surface area contributed by atoms with Gasteiger partial charge in [0.1, 0.15) is 0 Å². The number of rotatable bonds is 4. The van der Waals surface area contributed by atoms with E-state index in [1.165, 1.54) is 0 Å². The van der Waals surface area contributed by atoms with Crippen LogP contribution in [0.1, 0.15) is 31.4 Å². The van der Waals surface area contributed by atoms with Gasteiger partial charge in [0.05, 0.1) is 12.3 Å². The minimum atomic E-state index is -0.793. The van der Waals surface area contributed by atoms with E-state index in [1.54, 1.807) is 13.8 Å². The fourth-order valence-electron chi connectivity index (χ4n) is 1.35. The van der Waals surface area contributed by atoms with Gasteiger partial charge in [0.2, 0.25) is 0 Å². The van der Waals surface area contributed by atoms with Crippen LogP contribution < -0.4 is 0 Å².